The fourth-order valence-electron chi connectivity index (χ4n) is 5.08. The van der Waals surface area contributed by atoms with Crippen LogP contribution in [0.25, 0.3) is 12.2 Å². The summed E-state index contributed by atoms with van der Waals surface area (Å²) in [6.45, 7) is 2.06. The molecule has 184 valence electrons. The van der Waals surface area contributed by atoms with E-state index in [1.807, 2.05) is 71.3 Å². The molecule has 0 spiro atoms. The molecule has 0 bridgehead atoms. The van der Waals surface area contributed by atoms with Crippen molar-refractivity contribution in [3.63, 3.8) is 0 Å². The Bertz CT molecular complexity index is 1730. The summed E-state index contributed by atoms with van der Waals surface area (Å²) in [5, 5.41) is 1.40. The first-order valence-corrected chi connectivity index (χ1v) is 13.9. The molecule has 37 heavy (non-hydrogen) atoms. The molecule has 2 heterocycles. The third kappa shape index (κ3) is 4.77. The van der Waals surface area contributed by atoms with Gasteiger partial charge in [0.2, 0.25) is 0 Å². The molecule has 6 rings (SSSR count). The Hall–Kier alpha value is -3.18. The Labute approximate surface area is 229 Å². The van der Waals surface area contributed by atoms with Crippen LogP contribution in [0.4, 0.5) is 0 Å². The standard InChI is InChI=1S/C31H24Cl2N2OS/c1-19-5-7-21(8-6-19)18-27-30(36)35-29(22-11-15-25(33)16-12-22)26-4-2-3-23(28(26)34-31(35)37-27)17-20-9-13-24(32)14-10-20/h5-18,29H,2-4H2,1H3/b23-17-,27-18-/t29-/m0/s1. The average Bonchev–Trinajstić information content (AvgIpc) is 3.21. The molecular formula is C31H24Cl2N2OS. The van der Waals surface area contributed by atoms with E-state index in [1.54, 1.807) is 0 Å². The molecule has 1 aliphatic heterocycles. The largest absolute Gasteiger partial charge is 0.272 e. The second-order valence-electron chi connectivity index (χ2n) is 9.49. The summed E-state index contributed by atoms with van der Waals surface area (Å²) in [4.78, 5) is 19.7. The molecule has 0 N–H and O–H groups in total. The van der Waals surface area contributed by atoms with E-state index in [9.17, 15) is 4.79 Å². The number of aromatic nitrogens is 1. The van der Waals surface area contributed by atoms with Crippen LogP contribution >= 0.6 is 34.5 Å². The van der Waals surface area contributed by atoms with Gasteiger partial charge in [-0.25, -0.2) is 4.99 Å². The molecule has 0 amide bonds. The minimum atomic E-state index is -0.211. The predicted octanol–water partition coefficient (Wildman–Crippen LogP) is 7.10. The van der Waals surface area contributed by atoms with Crippen LogP contribution in [0.2, 0.25) is 10.0 Å². The lowest BCUT2D eigenvalue weighted by atomic mass is 9.84. The van der Waals surface area contributed by atoms with Gasteiger partial charge in [-0.2, -0.15) is 0 Å². The highest BCUT2D eigenvalue weighted by Gasteiger charge is 2.32. The zero-order valence-corrected chi connectivity index (χ0v) is 22.6. The van der Waals surface area contributed by atoms with Crippen LogP contribution in [0.3, 0.4) is 0 Å². The minimum Gasteiger partial charge on any atom is -0.272 e. The normalized spacial score (nSPS) is 18.5. The van der Waals surface area contributed by atoms with Gasteiger partial charge in [-0.3, -0.25) is 9.36 Å². The molecule has 0 saturated heterocycles. The number of thiazole rings is 1. The first-order valence-electron chi connectivity index (χ1n) is 12.3. The van der Waals surface area contributed by atoms with Crippen molar-refractivity contribution in [2.75, 3.05) is 0 Å². The highest BCUT2D eigenvalue weighted by atomic mass is 35.5. The van der Waals surface area contributed by atoms with Gasteiger partial charge in [0.25, 0.3) is 5.56 Å². The highest BCUT2D eigenvalue weighted by molar-refractivity contribution is 7.07. The zero-order chi connectivity index (χ0) is 25.5. The van der Waals surface area contributed by atoms with E-state index in [4.69, 9.17) is 28.2 Å². The molecule has 3 nitrogen and oxygen atoms in total. The number of allylic oxidation sites excluding steroid dienone is 2. The summed E-state index contributed by atoms with van der Waals surface area (Å²) < 4.78 is 2.56. The summed E-state index contributed by atoms with van der Waals surface area (Å²) >= 11 is 13.8. The molecule has 1 aromatic heterocycles. The second-order valence-corrected chi connectivity index (χ2v) is 11.4. The third-order valence-electron chi connectivity index (χ3n) is 6.90. The topological polar surface area (TPSA) is 34.4 Å². The van der Waals surface area contributed by atoms with Crippen molar-refractivity contribution >= 4 is 46.7 Å². The number of hydrogen-bond acceptors (Lipinski definition) is 3. The molecule has 0 saturated carbocycles. The van der Waals surface area contributed by atoms with Crippen LogP contribution in [0, 0.1) is 6.92 Å². The van der Waals surface area contributed by atoms with Crippen LogP contribution < -0.4 is 14.9 Å². The summed E-state index contributed by atoms with van der Waals surface area (Å²) in [5.74, 6) is 0. The lowest BCUT2D eigenvalue weighted by molar-refractivity contribution is 0.553. The Kier molecular flexibility index (Phi) is 6.49. The van der Waals surface area contributed by atoms with Crippen molar-refractivity contribution in [3.8, 4) is 0 Å². The lowest BCUT2D eigenvalue weighted by Crippen LogP contribution is -2.39. The lowest BCUT2D eigenvalue weighted by Gasteiger charge is -2.31. The fourth-order valence-corrected chi connectivity index (χ4v) is 6.33. The van der Waals surface area contributed by atoms with E-state index in [-0.39, 0.29) is 11.6 Å². The molecule has 1 aliphatic carbocycles. The van der Waals surface area contributed by atoms with E-state index >= 15 is 0 Å². The van der Waals surface area contributed by atoms with Gasteiger partial charge in [-0.1, -0.05) is 88.6 Å². The molecule has 0 unspecified atom stereocenters. The highest BCUT2D eigenvalue weighted by Crippen LogP contribution is 2.41. The van der Waals surface area contributed by atoms with Gasteiger partial charge in [0.05, 0.1) is 16.3 Å². The monoisotopic (exact) mass is 542 g/mol. The van der Waals surface area contributed by atoms with Crippen LogP contribution in [-0.2, 0) is 0 Å². The van der Waals surface area contributed by atoms with Crippen LogP contribution in [0.5, 0.6) is 0 Å². The fraction of sp³-hybridized carbons (Fsp3) is 0.161. The molecule has 3 aromatic carbocycles. The van der Waals surface area contributed by atoms with E-state index in [0.717, 1.165) is 51.5 Å². The first kappa shape index (κ1) is 24.2. The first-order chi connectivity index (χ1) is 18.0. The molecular weight excluding hydrogens is 519 g/mol. The van der Waals surface area contributed by atoms with Gasteiger partial charge in [0.15, 0.2) is 4.80 Å². The minimum absolute atomic E-state index is 0.00960. The van der Waals surface area contributed by atoms with Gasteiger partial charge in [-0.15, -0.1) is 0 Å². The van der Waals surface area contributed by atoms with E-state index in [0.29, 0.717) is 9.55 Å². The summed E-state index contributed by atoms with van der Waals surface area (Å²) in [5.41, 5.74) is 7.70. The Morgan fingerprint density at radius 2 is 1.49 bits per heavy atom. The zero-order valence-electron chi connectivity index (χ0n) is 20.2. The number of rotatable bonds is 3. The SMILES string of the molecule is Cc1ccc(/C=c2\sc3n(c2=O)[C@@H](c2ccc(Cl)cc2)C2=C(N=3)/C(=C\c3ccc(Cl)cc3)CCC2)cc1. The van der Waals surface area contributed by atoms with E-state index in [1.165, 1.54) is 28.0 Å². The van der Waals surface area contributed by atoms with E-state index < -0.39 is 0 Å². The summed E-state index contributed by atoms with van der Waals surface area (Å²) in [7, 11) is 0. The van der Waals surface area contributed by atoms with Gasteiger partial charge < -0.3 is 0 Å². The Morgan fingerprint density at radius 1 is 0.865 bits per heavy atom. The number of halogens is 2. The number of fused-ring (bicyclic) bond motifs is 1. The smallest absolute Gasteiger partial charge is 0.271 e. The van der Waals surface area contributed by atoms with Crippen molar-refractivity contribution < 1.29 is 0 Å². The molecule has 4 aromatic rings. The number of hydrogen-bond donors (Lipinski definition) is 0. The third-order valence-corrected chi connectivity index (χ3v) is 8.39. The molecule has 0 fully saturated rings. The average molecular weight is 544 g/mol. The van der Waals surface area contributed by atoms with Crippen molar-refractivity contribution in [3.05, 3.63) is 142 Å². The Morgan fingerprint density at radius 3 is 2.19 bits per heavy atom. The van der Waals surface area contributed by atoms with Gasteiger partial charge >= 0.3 is 0 Å². The van der Waals surface area contributed by atoms with Gasteiger partial charge in [0.1, 0.15) is 0 Å². The van der Waals surface area contributed by atoms with Crippen molar-refractivity contribution in [2.45, 2.75) is 32.2 Å². The van der Waals surface area contributed by atoms with Crippen LogP contribution in [0.1, 0.15) is 47.6 Å². The number of aryl methyl sites for hydroxylation is 1. The second kappa shape index (κ2) is 9.94. The van der Waals surface area contributed by atoms with Crippen LogP contribution in [0.15, 0.2) is 99.4 Å². The maximum atomic E-state index is 13.8. The summed E-state index contributed by atoms with van der Waals surface area (Å²) in [6.07, 6.45) is 7.01. The van der Waals surface area contributed by atoms with Crippen molar-refractivity contribution in [1.82, 2.24) is 4.57 Å². The van der Waals surface area contributed by atoms with Crippen molar-refractivity contribution in [1.29, 1.82) is 0 Å². The molecule has 1 atom stereocenters. The Balaban J connectivity index is 1.57. The van der Waals surface area contributed by atoms with Gasteiger partial charge in [-0.05, 0) is 90.4 Å². The van der Waals surface area contributed by atoms with Crippen molar-refractivity contribution in [2.24, 2.45) is 4.99 Å². The molecule has 6 heteroatoms. The van der Waals surface area contributed by atoms with Crippen LogP contribution in [-0.4, -0.2) is 4.57 Å². The number of benzene rings is 3. The van der Waals surface area contributed by atoms with Gasteiger partial charge in [0, 0.05) is 10.0 Å². The maximum Gasteiger partial charge on any atom is 0.271 e. The summed E-state index contributed by atoms with van der Waals surface area (Å²) in [6, 6.07) is 23.7. The van der Waals surface area contributed by atoms with E-state index in [2.05, 4.69) is 25.1 Å². The molecule has 2 aliphatic rings. The molecule has 0 radical (unpaired) electrons. The predicted molar refractivity (Wildman–Crippen MR) is 154 cm³/mol. The number of nitrogens with zero attached hydrogens (tertiary/aromatic N) is 2. The quantitative estimate of drug-likeness (QED) is 0.272. The maximum absolute atomic E-state index is 13.8.